The Morgan fingerprint density at radius 1 is 1.33 bits per heavy atom. The van der Waals surface area contributed by atoms with E-state index in [0.717, 1.165) is 11.1 Å². The molecule has 0 bridgehead atoms. The van der Waals surface area contributed by atoms with Gasteiger partial charge in [-0.3, -0.25) is 4.98 Å². The lowest BCUT2D eigenvalue weighted by Crippen LogP contribution is -2.18. The minimum atomic E-state index is 0.217. The Morgan fingerprint density at radius 3 is 3.10 bits per heavy atom. The second-order valence-corrected chi connectivity index (χ2v) is 5.79. The maximum atomic E-state index is 5.27. The molecule has 0 aliphatic rings. The van der Waals surface area contributed by atoms with Gasteiger partial charge in [-0.05, 0) is 36.1 Å². The molecule has 4 nitrogen and oxygen atoms in total. The number of rotatable bonds is 5. The third-order valence-electron chi connectivity index (χ3n) is 3.47. The summed E-state index contributed by atoms with van der Waals surface area (Å²) in [4.78, 5) is 8.69. The molecule has 21 heavy (non-hydrogen) atoms. The smallest absolute Gasteiger partial charge is 0.217 e. The lowest BCUT2D eigenvalue weighted by atomic mass is 10.1. The van der Waals surface area contributed by atoms with Crippen LogP contribution >= 0.6 is 11.3 Å². The van der Waals surface area contributed by atoms with E-state index in [-0.39, 0.29) is 6.04 Å². The van der Waals surface area contributed by atoms with Crippen molar-refractivity contribution in [2.75, 3.05) is 7.11 Å². The maximum absolute atomic E-state index is 5.27. The molecule has 3 rings (SSSR count). The first-order chi connectivity index (χ1) is 10.3. The molecule has 1 N–H and O–H groups in total. The summed E-state index contributed by atoms with van der Waals surface area (Å²) in [5, 5.41) is 5.56. The van der Waals surface area contributed by atoms with Crippen molar-refractivity contribution < 1.29 is 4.74 Å². The zero-order valence-corrected chi connectivity index (χ0v) is 12.9. The van der Waals surface area contributed by atoms with E-state index >= 15 is 0 Å². The Morgan fingerprint density at radius 2 is 2.24 bits per heavy atom. The van der Waals surface area contributed by atoms with Crippen molar-refractivity contribution in [1.82, 2.24) is 15.3 Å². The number of thiophene rings is 1. The van der Waals surface area contributed by atoms with Gasteiger partial charge in [-0.25, -0.2) is 4.98 Å². The van der Waals surface area contributed by atoms with Crippen LogP contribution in [0.25, 0.3) is 10.2 Å². The number of hydrogen-bond acceptors (Lipinski definition) is 5. The highest BCUT2D eigenvalue weighted by atomic mass is 32.1. The first-order valence-corrected chi connectivity index (χ1v) is 7.70. The van der Waals surface area contributed by atoms with Gasteiger partial charge in [-0.1, -0.05) is 6.07 Å². The first-order valence-electron chi connectivity index (χ1n) is 6.82. The van der Waals surface area contributed by atoms with E-state index < -0.39 is 0 Å². The lowest BCUT2D eigenvalue weighted by Gasteiger charge is -2.15. The highest BCUT2D eigenvalue weighted by molar-refractivity contribution is 7.17. The molecule has 5 heteroatoms. The molecule has 3 aromatic heterocycles. The van der Waals surface area contributed by atoms with E-state index in [4.69, 9.17) is 4.74 Å². The van der Waals surface area contributed by atoms with Crippen molar-refractivity contribution in [2.24, 2.45) is 0 Å². The van der Waals surface area contributed by atoms with E-state index in [0.29, 0.717) is 12.4 Å². The molecular weight excluding hydrogens is 282 g/mol. The van der Waals surface area contributed by atoms with Crippen molar-refractivity contribution in [2.45, 2.75) is 19.5 Å². The molecule has 0 saturated heterocycles. The SMILES string of the molecule is COc1ncccc1CNC(C)c1cnc2ccsc2c1. The van der Waals surface area contributed by atoms with Crippen molar-refractivity contribution in [3.05, 3.63) is 53.2 Å². The third kappa shape index (κ3) is 3.04. The van der Waals surface area contributed by atoms with Gasteiger partial charge in [-0.15, -0.1) is 11.3 Å². The van der Waals surface area contributed by atoms with Gasteiger partial charge in [0.2, 0.25) is 5.88 Å². The fraction of sp³-hybridized carbons (Fsp3) is 0.250. The summed E-state index contributed by atoms with van der Waals surface area (Å²) in [7, 11) is 1.64. The fourth-order valence-electron chi connectivity index (χ4n) is 2.22. The van der Waals surface area contributed by atoms with Crippen LogP contribution in [-0.2, 0) is 6.54 Å². The molecule has 0 saturated carbocycles. The number of hydrogen-bond donors (Lipinski definition) is 1. The van der Waals surface area contributed by atoms with Crippen LogP contribution in [0.15, 0.2) is 42.0 Å². The highest BCUT2D eigenvalue weighted by Gasteiger charge is 2.09. The number of fused-ring (bicyclic) bond motifs is 1. The predicted molar refractivity (Wildman–Crippen MR) is 85.7 cm³/mol. The Labute approximate surface area is 127 Å². The molecule has 3 aromatic rings. The van der Waals surface area contributed by atoms with Crippen LogP contribution in [0.3, 0.4) is 0 Å². The van der Waals surface area contributed by atoms with Gasteiger partial charge < -0.3 is 10.1 Å². The highest BCUT2D eigenvalue weighted by Crippen LogP contribution is 2.23. The van der Waals surface area contributed by atoms with Crippen LogP contribution in [-0.4, -0.2) is 17.1 Å². The van der Waals surface area contributed by atoms with Gasteiger partial charge in [0.15, 0.2) is 0 Å². The molecule has 3 heterocycles. The molecule has 0 fully saturated rings. The minimum absolute atomic E-state index is 0.217. The summed E-state index contributed by atoms with van der Waals surface area (Å²) in [6.45, 7) is 2.85. The minimum Gasteiger partial charge on any atom is -0.481 e. The zero-order chi connectivity index (χ0) is 14.7. The van der Waals surface area contributed by atoms with E-state index in [1.807, 2.05) is 24.4 Å². The number of nitrogens with one attached hydrogen (secondary N) is 1. The van der Waals surface area contributed by atoms with Crippen LogP contribution in [0.4, 0.5) is 0 Å². The fourth-order valence-corrected chi connectivity index (χ4v) is 3.01. The maximum Gasteiger partial charge on any atom is 0.217 e. The van der Waals surface area contributed by atoms with Gasteiger partial charge in [0.25, 0.3) is 0 Å². The first kappa shape index (κ1) is 14.0. The standard InChI is InChI=1S/C16H17N3OS/c1-11(13-8-15-14(19-10-13)5-7-21-15)18-9-12-4-3-6-17-16(12)20-2/h3-8,10-11,18H,9H2,1-2H3. The van der Waals surface area contributed by atoms with Crippen LogP contribution in [0.5, 0.6) is 5.88 Å². The van der Waals surface area contributed by atoms with Gasteiger partial charge >= 0.3 is 0 Å². The van der Waals surface area contributed by atoms with Gasteiger partial charge in [0.1, 0.15) is 0 Å². The second kappa shape index (κ2) is 6.20. The van der Waals surface area contributed by atoms with Crippen molar-refractivity contribution >= 4 is 21.6 Å². The summed E-state index contributed by atoms with van der Waals surface area (Å²) < 4.78 is 6.49. The van der Waals surface area contributed by atoms with E-state index in [1.54, 1.807) is 24.6 Å². The molecule has 0 spiro atoms. The number of aromatic nitrogens is 2. The summed E-state index contributed by atoms with van der Waals surface area (Å²) in [6, 6.07) is 8.40. The van der Waals surface area contributed by atoms with Crippen LogP contribution in [0.2, 0.25) is 0 Å². The molecule has 1 unspecified atom stereocenters. The Hall–Kier alpha value is -1.98. The quantitative estimate of drug-likeness (QED) is 0.782. The van der Waals surface area contributed by atoms with Crippen LogP contribution in [0, 0.1) is 0 Å². The number of ether oxygens (including phenoxy) is 1. The van der Waals surface area contributed by atoms with E-state index in [9.17, 15) is 0 Å². The molecule has 108 valence electrons. The largest absolute Gasteiger partial charge is 0.481 e. The van der Waals surface area contributed by atoms with Crippen molar-refractivity contribution in [3.8, 4) is 5.88 Å². The molecule has 0 aromatic carbocycles. The summed E-state index contributed by atoms with van der Waals surface area (Å²) in [5.41, 5.74) is 3.30. The Kier molecular flexibility index (Phi) is 4.13. The molecular formula is C16H17N3OS. The number of nitrogens with zero attached hydrogens (tertiary/aromatic N) is 2. The van der Waals surface area contributed by atoms with Gasteiger partial charge in [0.05, 0.1) is 17.3 Å². The molecule has 0 amide bonds. The molecule has 0 aliphatic carbocycles. The monoisotopic (exact) mass is 299 g/mol. The summed E-state index contributed by atoms with van der Waals surface area (Å²) in [5.74, 6) is 0.670. The average molecular weight is 299 g/mol. The second-order valence-electron chi connectivity index (χ2n) is 4.85. The Bertz CT molecular complexity index is 741. The molecule has 0 aliphatic heterocycles. The number of pyridine rings is 2. The Balaban J connectivity index is 1.72. The van der Waals surface area contributed by atoms with Gasteiger partial charge in [-0.2, -0.15) is 0 Å². The number of methoxy groups -OCH3 is 1. The normalized spacial score (nSPS) is 12.5. The van der Waals surface area contributed by atoms with Crippen LogP contribution < -0.4 is 10.1 Å². The molecule has 0 radical (unpaired) electrons. The van der Waals surface area contributed by atoms with Gasteiger partial charge in [0, 0.05) is 30.5 Å². The predicted octanol–water partition coefficient (Wildman–Crippen LogP) is 3.55. The third-order valence-corrected chi connectivity index (χ3v) is 4.32. The average Bonchev–Trinajstić information content (AvgIpc) is 3.00. The van der Waals surface area contributed by atoms with Crippen LogP contribution in [0.1, 0.15) is 24.1 Å². The van der Waals surface area contributed by atoms with E-state index in [2.05, 4.69) is 33.7 Å². The topological polar surface area (TPSA) is 47.0 Å². The zero-order valence-electron chi connectivity index (χ0n) is 12.0. The van der Waals surface area contributed by atoms with E-state index in [1.165, 1.54) is 10.3 Å². The van der Waals surface area contributed by atoms with Crippen molar-refractivity contribution in [3.63, 3.8) is 0 Å². The summed E-state index contributed by atoms with van der Waals surface area (Å²) >= 11 is 1.72. The molecule has 1 atom stereocenters. The van der Waals surface area contributed by atoms with Crippen molar-refractivity contribution in [1.29, 1.82) is 0 Å². The summed E-state index contributed by atoms with van der Waals surface area (Å²) in [6.07, 6.45) is 3.67. The lowest BCUT2D eigenvalue weighted by molar-refractivity contribution is 0.389.